The smallest absolute Gasteiger partial charge is 0.115 e. The molecular weight excluding hydrogens is 200 g/mol. The first kappa shape index (κ1) is 9.03. The van der Waals surface area contributed by atoms with Gasteiger partial charge in [-0.25, -0.2) is 15.0 Å². The van der Waals surface area contributed by atoms with Crippen molar-refractivity contribution in [3.8, 4) is 0 Å². The van der Waals surface area contributed by atoms with Crippen molar-refractivity contribution >= 4 is 11.0 Å². The Bertz CT molecular complexity index is 600. The molecule has 0 aliphatic heterocycles. The van der Waals surface area contributed by atoms with Gasteiger partial charge in [-0.1, -0.05) is 12.1 Å². The molecule has 0 unspecified atom stereocenters. The van der Waals surface area contributed by atoms with Gasteiger partial charge in [-0.05, 0) is 12.1 Å². The van der Waals surface area contributed by atoms with Crippen LogP contribution in [-0.2, 0) is 6.54 Å². The van der Waals surface area contributed by atoms with Gasteiger partial charge in [-0.3, -0.25) is 0 Å². The Morgan fingerprint density at radius 2 is 1.88 bits per heavy atom. The van der Waals surface area contributed by atoms with Gasteiger partial charge in [0.25, 0.3) is 0 Å². The Labute approximate surface area is 92.6 Å². The van der Waals surface area contributed by atoms with Crippen molar-refractivity contribution in [2.75, 3.05) is 0 Å². The minimum absolute atomic E-state index is 0.751. The monoisotopic (exact) mass is 210 g/mol. The standard InChI is InChI=1S/C12H10N4/c1-2-4-12-11(3-1)15-9-16(12)7-10-5-13-8-14-6-10/h1-6,8-9H,7H2. The highest BCUT2D eigenvalue weighted by Gasteiger charge is 2.01. The summed E-state index contributed by atoms with van der Waals surface area (Å²) in [5, 5.41) is 0. The normalized spacial score (nSPS) is 10.8. The van der Waals surface area contributed by atoms with Crippen LogP contribution in [0.1, 0.15) is 5.56 Å². The van der Waals surface area contributed by atoms with E-state index in [0.717, 1.165) is 23.1 Å². The summed E-state index contributed by atoms with van der Waals surface area (Å²) in [6.07, 6.45) is 7.02. The second kappa shape index (κ2) is 3.73. The molecule has 0 atom stereocenters. The van der Waals surface area contributed by atoms with Crippen LogP contribution in [0.2, 0.25) is 0 Å². The van der Waals surface area contributed by atoms with E-state index >= 15 is 0 Å². The van der Waals surface area contributed by atoms with E-state index in [1.165, 1.54) is 6.33 Å². The Morgan fingerprint density at radius 3 is 2.75 bits per heavy atom. The highest BCUT2D eigenvalue weighted by molar-refractivity contribution is 5.75. The first-order valence-electron chi connectivity index (χ1n) is 5.07. The molecule has 3 aromatic rings. The number of imidazole rings is 1. The molecule has 3 rings (SSSR count). The Morgan fingerprint density at radius 1 is 1.06 bits per heavy atom. The summed E-state index contributed by atoms with van der Waals surface area (Å²) >= 11 is 0. The van der Waals surface area contributed by atoms with Crippen LogP contribution < -0.4 is 0 Å². The van der Waals surface area contributed by atoms with Gasteiger partial charge in [0, 0.05) is 18.0 Å². The van der Waals surface area contributed by atoms with E-state index in [0.29, 0.717) is 0 Å². The predicted molar refractivity (Wildman–Crippen MR) is 60.9 cm³/mol. The summed E-state index contributed by atoms with van der Waals surface area (Å²) in [6, 6.07) is 8.08. The zero-order chi connectivity index (χ0) is 10.8. The molecule has 4 nitrogen and oxygen atoms in total. The number of para-hydroxylation sites is 2. The molecule has 2 aromatic heterocycles. The Kier molecular flexibility index (Phi) is 2.11. The molecule has 0 amide bonds. The van der Waals surface area contributed by atoms with E-state index in [1.807, 2.05) is 36.9 Å². The molecule has 78 valence electrons. The molecule has 2 heterocycles. The van der Waals surface area contributed by atoms with Gasteiger partial charge in [-0.2, -0.15) is 0 Å². The lowest BCUT2D eigenvalue weighted by molar-refractivity contribution is 0.812. The fourth-order valence-electron chi connectivity index (χ4n) is 1.74. The zero-order valence-corrected chi connectivity index (χ0v) is 8.61. The Hall–Kier alpha value is -2.23. The molecule has 0 saturated heterocycles. The van der Waals surface area contributed by atoms with Crippen LogP contribution in [0.5, 0.6) is 0 Å². The molecule has 0 aliphatic carbocycles. The van der Waals surface area contributed by atoms with Gasteiger partial charge in [0.1, 0.15) is 6.33 Å². The van der Waals surface area contributed by atoms with Crippen molar-refractivity contribution in [2.24, 2.45) is 0 Å². The third-order valence-corrected chi connectivity index (χ3v) is 2.49. The van der Waals surface area contributed by atoms with Crippen molar-refractivity contribution in [1.29, 1.82) is 0 Å². The first-order chi connectivity index (χ1) is 7.93. The van der Waals surface area contributed by atoms with Crippen molar-refractivity contribution in [2.45, 2.75) is 6.54 Å². The molecule has 0 radical (unpaired) electrons. The molecule has 0 N–H and O–H groups in total. The van der Waals surface area contributed by atoms with E-state index in [9.17, 15) is 0 Å². The molecular formula is C12H10N4. The van der Waals surface area contributed by atoms with Gasteiger partial charge < -0.3 is 4.57 Å². The fourth-order valence-corrected chi connectivity index (χ4v) is 1.74. The summed E-state index contributed by atoms with van der Waals surface area (Å²) in [4.78, 5) is 12.3. The number of rotatable bonds is 2. The van der Waals surface area contributed by atoms with Crippen LogP contribution in [0.3, 0.4) is 0 Å². The SMILES string of the molecule is c1ccc2c(c1)ncn2Cc1cncnc1. The first-order valence-corrected chi connectivity index (χ1v) is 5.07. The Balaban J connectivity index is 2.01. The second-order valence-corrected chi connectivity index (χ2v) is 3.61. The van der Waals surface area contributed by atoms with Crippen LogP contribution in [0.4, 0.5) is 0 Å². The van der Waals surface area contributed by atoms with Crippen LogP contribution in [0.25, 0.3) is 11.0 Å². The fraction of sp³-hybridized carbons (Fsp3) is 0.0833. The van der Waals surface area contributed by atoms with E-state index in [1.54, 1.807) is 0 Å². The maximum absolute atomic E-state index is 4.34. The van der Waals surface area contributed by atoms with Crippen LogP contribution in [-0.4, -0.2) is 19.5 Å². The van der Waals surface area contributed by atoms with Gasteiger partial charge in [-0.15, -0.1) is 0 Å². The number of aromatic nitrogens is 4. The molecule has 4 heteroatoms. The third-order valence-electron chi connectivity index (χ3n) is 2.49. The molecule has 0 saturated carbocycles. The van der Waals surface area contributed by atoms with Gasteiger partial charge >= 0.3 is 0 Å². The minimum atomic E-state index is 0.751. The third kappa shape index (κ3) is 1.54. The van der Waals surface area contributed by atoms with Gasteiger partial charge in [0.2, 0.25) is 0 Å². The van der Waals surface area contributed by atoms with E-state index in [-0.39, 0.29) is 0 Å². The lowest BCUT2D eigenvalue weighted by Gasteiger charge is -2.02. The number of hydrogen-bond acceptors (Lipinski definition) is 3. The zero-order valence-electron chi connectivity index (χ0n) is 8.61. The van der Waals surface area contributed by atoms with Crippen molar-refractivity contribution in [3.63, 3.8) is 0 Å². The summed E-state index contributed by atoms with van der Waals surface area (Å²) in [5.74, 6) is 0. The predicted octanol–water partition coefficient (Wildman–Crippen LogP) is 1.87. The lowest BCUT2D eigenvalue weighted by atomic mass is 10.3. The molecule has 16 heavy (non-hydrogen) atoms. The van der Waals surface area contributed by atoms with E-state index < -0.39 is 0 Å². The average Bonchev–Trinajstić information content (AvgIpc) is 2.74. The van der Waals surface area contributed by atoms with Crippen LogP contribution >= 0.6 is 0 Å². The van der Waals surface area contributed by atoms with E-state index in [2.05, 4.69) is 25.6 Å². The quantitative estimate of drug-likeness (QED) is 0.648. The minimum Gasteiger partial charge on any atom is -0.326 e. The maximum Gasteiger partial charge on any atom is 0.115 e. The van der Waals surface area contributed by atoms with Crippen LogP contribution in [0.15, 0.2) is 49.3 Å². The molecule has 0 bridgehead atoms. The average molecular weight is 210 g/mol. The number of hydrogen-bond donors (Lipinski definition) is 0. The summed E-state index contributed by atoms with van der Waals surface area (Å²) in [5.41, 5.74) is 3.22. The molecule has 0 spiro atoms. The summed E-state index contributed by atoms with van der Waals surface area (Å²) in [6.45, 7) is 0.751. The van der Waals surface area contributed by atoms with Gasteiger partial charge in [0.05, 0.1) is 23.9 Å². The lowest BCUT2D eigenvalue weighted by Crippen LogP contribution is -1.98. The maximum atomic E-state index is 4.34. The second-order valence-electron chi connectivity index (χ2n) is 3.61. The van der Waals surface area contributed by atoms with Crippen molar-refractivity contribution in [1.82, 2.24) is 19.5 Å². The van der Waals surface area contributed by atoms with Crippen LogP contribution in [0, 0.1) is 0 Å². The number of fused-ring (bicyclic) bond motifs is 1. The highest BCUT2D eigenvalue weighted by Crippen LogP contribution is 2.13. The number of nitrogens with zero attached hydrogens (tertiary/aromatic N) is 4. The topological polar surface area (TPSA) is 43.6 Å². The molecule has 0 fully saturated rings. The van der Waals surface area contributed by atoms with Crippen molar-refractivity contribution < 1.29 is 0 Å². The van der Waals surface area contributed by atoms with Crippen molar-refractivity contribution in [3.05, 3.63) is 54.9 Å². The summed E-state index contributed by atoms with van der Waals surface area (Å²) in [7, 11) is 0. The highest BCUT2D eigenvalue weighted by atomic mass is 15.0. The molecule has 1 aromatic carbocycles. The largest absolute Gasteiger partial charge is 0.326 e. The molecule has 0 aliphatic rings. The van der Waals surface area contributed by atoms with Gasteiger partial charge in [0.15, 0.2) is 0 Å². The summed E-state index contributed by atoms with van der Waals surface area (Å²) < 4.78 is 2.09. The van der Waals surface area contributed by atoms with E-state index in [4.69, 9.17) is 0 Å². The number of benzene rings is 1.